The highest BCUT2D eigenvalue weighted by Crippen LogP contribution is 2.32. The number of nitrogens with one attached hydrogen (secondary N) is 2. The number of nitrogens with zero attached hydrogens (tertiary/aromatic N) is 2. The van der Waals surface area contributed by atoms with E-state index in [0.29, 0.717) is 21.9 Å². The monoisotopic (exact) mass is 484 g/mol. The molecular weight excluding hydrogens is 468 g/mol. The SMILES string of the molecule is COc1cccc(C(=O)NN2CC(O)=C(c3nc(-c4ccc(Br)cc4)cs3)C2=N)c1. The number of hydrogen-bond donors (Lipinski definition) is 3. The number of amides is 1. The van der Waals surface area contributed by atoms with Crippen LogP contribution in [0.1, 0.15) is 15.4 Å². The highest BCUT2D eigenvalue weighted by molar-refractivity contribution is 9.10. The van der Waals surface area contributed by atoms with Gasteiger partial charge in [0.15, 0.2) is 5.84 Å². The van der Waals surface area contributed by atoms with Crippen LogP contribution in [0.2, 0.25) is 0 Å². The molecule has 7 nitrogen and oxygen atoms in total. The van der Waals surface area contributed by atoms with Crippen molar-refractivity contribution in [3.63, 3.8) is 0 Å². The average Bonchev–Trinajstić information content (AvgIpc) is 3.33. The third kappa shape index (κ3) is 3.94. The number of benzene rings is 2. The maximum atomic E-state index is 12.6. The van der Waals surface area contributed by atoms with Crippen molar-refractivity contribution in [2.45, 2.75) is 0 Å². The zero-order valence-electron chi connectivity index (χ0n) is 15.8. The van der Waals surface area contributed by atoms with Crippen molar-refractivity contribution in [3.05, 3.63) is 74.7 Å². The number of rotatable bonds is 5. The molecule has 1 aromatic heterocycles. The van der Waals surface area contributed by atoms with Crippen molar-refractivity contribution >= 4 is 44.6 Å². The summed E-state index contributed by atoms with van der Waals surface area (Å²) in [6, 6.07) is 14.5. The lowest BCUT2D eigenvalue weighted by Crippen LogP contribution is -2.43. The van der Waals surface area contributed by atoms with Gasteiger partial charge < -0.3 is 9.84 Å². The van der Waals surface area contributed by atoms with Crippen LogP contribution >= 0.6 is 27.3 Å². The second kappa shape index (κ2) is 8.29. The van der Waals surface area contributed by atoms with E-state index in [9.17, 15) is 9.90 Å². The van der Waals surface area contributed by atoms with Gasteiger partial charge in [0, 0.05) is 21.0 Å². The van der Waals surface area contributed by atoms with Crippen molar-refractivity contribution in [1.29, 1.82) is 5.41 Å². The van der Waals surface area contributed by atoms with E-state index in [-0.39, 0.29) is 18.1 Å². The van der Waals surface area contributed by atoms with Crippen LogP contribution in [-0.2, 0) is 0 Å². The lowest BCUT2D eigenvalue weighted by Gasteiger charge is -2.19. The molecule has 0 fully saturated rings. The summed E-state index contributed by atoms with van der Waals surface area (Å²) in [5.41, 5.74) is 5.06. The Morgan fingerprint density at radius 3 is 2.80 bits per heavy atom. The molecule has 0 radical (unpaired) electrons. The van der Waals surface area contributed by atoms with Crippen molar-refractivity contribution in [2.24, 2.45) is 0 Å². The van der Waals surface area contributed by atoms with Crippen molar-refractivity contribution in [1.82, 2.24) is 15.4 Å². The molecule has 0 atom stereocenters. The van der Waals surface area contributed by atoms with Gasteiger partial charge in [-0.25, -0.2) is 4.98 Å². The number of halogens is 1. The summed E-state index contributed by atoms with van der Waals surface area (Å²) in [4.78, 5) is 17.1. The van der Waals surface area contributed by atoms with Gasteiger partial charge in [-0.2, -0.15) is 0 Å². The van der Waals surface area contributed by atoms with E-state index in [2.05, 4.69) is 26.3 Å². The Bertz CT molecular complexity index is 1160. The molecule has 30 heavy (non-hydrogen) atoms. The number of carbonyl (C=O) groups excluding carboxylic acids is 1. The van der Waals surface area contributed by atoms with Crippen molar-refractivity contribution < 1.29 is 14.6 Å². The standard InChI is InChI=1S/C21H17BrN4O3S/c1-29-15-4-2-3-13(9-15)20(28)25-26-10-17(27)18(19(26)23)21-24-16(11-30-21)12-5-7-14(22)8-6-12/h2-9,11,23,27H,10H2,1H3,(H,25,28). The van der Waals surface area contributed by atoms with Crippen LogP contribution in [0, 0.1) is 5.41 Å². The van der Waals surface area contributed by atoms with Crippen LogP contribution in [0.25, 0.3) is 16.8 Å². The predicted molar refractivity (Wildman–Crippen MR) is 120 cm³/mol. The summed E-state index contributed by atoms with van der Waals surface area (Å²) >= 11 is 4.75. The Labute approximate surface area is 185 Å². The van der Waals surface area contributed by atoms with Crippen LogP contribution in [0.5, 0.6) is 5.75 Å². The van der Waals surface area contributed by atoms with E-state index in [4.69, 9.17) is 10.1 Å². The van der Waals surface area contributed by atoms with E-state index in [1.54, 1.807) is 24.3 Å². The van der Waals surface area contributed by atoms with E-state index in [1.807, 2.05) is 29.6 Å². The normalized spacial score (nSPS) is 13.7. The van der Waals surface area contributed by atoms with Gasteiger partial charge in [0.2, 0.25) is 0 Å². The first kappa shape index (κ1) is 20.1. The van der Waals surface area contributed by atoms with Crippen LogP contribution in [0.3, 0.4) is 0 Å². The number of aliphatic hydroxyl groups is 1. The number of aromatic nitrogens is 1. The Morgan fingerprint density at radius 2 is 2.07 bits per heavy atom. The lowest BCUT2D eigenvalue weighted by molar-refractivity contribution is 0.0874. The first-order valence-corrected chi connectivity index (χ1v) is 10.6. The molecule has 0 spiro atoms. The largest absolute Gasteiger partial charge is 0.509 e. The second-order valence-electron chi connectivity index (χ2n) is 6.47. The third-order valence-electron chi connectivity index (χ3n) is 4.53. The van der Waals surface area contributed by atoms with Gasteiger partial charge in [-0.15, -0.1) is 11.3 Å². The summed E-state index contributed by atoms with van der Waals surface area (Å²) < 4.78 is 6.11. The van der Waals surface area contributed by atoms with Gasteiger partial charge in [0.1, 0.15) is 16.5 Å². The number of hydrazine groups is 1. The van der Waals surface area contributed by atoms with E-state index in [1.165, 1.54) is 23.5 Å². The number of carbonyl (C=O) groups is 1. The Balaban J connectivity index is 1.51. The third-order valence-corrected chi connectivity index (χ3v) is 5.92. The number of ether oxygens (including phenoxy) is 1. The number of methoxy groups -OCH3 is 1. The van der Waals surface area contributed by atoms with Crippen molar-refractivity contribution in [3.8, 4) is 17.0 Å². The molecule has 4 rings (SSSR count). The molecular formula is C21H17BrN4O3S. The zero-order chi connectivity index (χ0) is 21.3. The van der Waals surface area contributed by atoms with Crippen LogP contribution < -0.4 is 10.2 Å². The minimum absolute atomic E-state index is 0.00290. The van der Waals surface area contributed by atoms with Gasteiger partial charge in [-0.05, 0) is 30.3 Å². The molecule has 3 aromatic rings. The first-order chi connectivity index (χ1) is 14.5. The summed E-state index contributed by atoms with van der Waals surface area (Å²) in [6.45, 7) is -0.00290. The molecule has 2 aromatic carbocycles. The van der Waals surface area contributed by atoms with Crippen LogP contribution in [-0.4, -0.2) is 40.5 Å². The number of hydrogen-bond acceptors (Lipinski definition) is 6. The van der Waals surface area contributed by atoms with Crippen LogP contribution in [0.4, 0.5) is 0 Å². The van der Waals surface area contributed by atoms with E-state index in [0.717, 1.165) is 15.7 Å². The highest BCUT2D eigenvalue weighted by Gasteiger charge is 2.31. The minimum atomic E-state index is -0.401. The zero-order valence-corrected chi connectivity index (χ0v) is 18.3. The fourth-order valence-corrected chi connectivity index (χ4v) is 4.15. The Kier molecular flexibility index (Phi) is 5.56. The predicted octanol–water partition coefficient (Wildman–Crippen LogP) is 4.49. The molecule has 1 aliphatic heterocycles. The molecule has 0 saturated carbocycles. The molecule has 0 saturated heterocycles. The maximum Gasteiger partial charge on any atom is 0.269 e. The Morgan fingerprint density at radius 1 is 1.30 bits per heavy atom. The number of amidine groups is 1. The van der Waals surface area contributed by atoms with Gasteiger partial charge in [0.25, 0.3) is 5.91 Å². The van der Waals surface area contributed by atoms with Gasteiger partial charge in [-0.1, -0.05) is 34.1 Å². The molecule has 9 heteroatoms. The average molecular weight is 485 g/mol. The Hall–Kier alpha value is -3.17. The van der Waals surface area contributed by atoms with Gasteiger partial charge in [-0.3, -0.25) is 20.6 Å². The molecule has 2 heterocycles. The number of thiazole rings is 1. The van der Waals surface area contributed by atoms with Gasteiger partial charge >= 0.3 is 0 Å². The highest BCUT2D eigenvalue weighted by atomic mass is 79.9. The molecule has 0 unspecified atom stereocenters. The lowest BCUT2D eigenvalue weighted by atomic mass is 10.2. The van der Waals surface area contributed by atoms with Crippen molar-refractivity contribution in [2.75, 3.05) is 13.7 Å². The number of aliphatic hydroxyl groups excluding tert-OH is 1. The summed E-state index contributed by atoms with van der Waals surface area (Å²) in [6.07, 6.45) is 0. The molecule has 152 valence electrons. The summed E-state index contributed by atoms with van der Waals surface area (Å²) in [5.74, 6) is 0.134. The second-order valence-corrected chi connectivity index (χ2v) is 8.25. The van der Waals surface area contributed by atoms with Gasteiger partial charge in [0.05, 0.1) is 24.9 Å². The minimum Gasteiger partial charge on any atom is -0.509 e. The molecule has 0 aliphatic carbocycles. The van der Waals surface area contributed by atoms with E-state index >= 15 is 0 Å². The molecule has 3 N–H and O–H groups in total. The first-order valence-electron chi connectivity index (χ1n) is 8.91. The van der Waals surface area contributed by atoms with Crippen LogP contribution in [0.15, 0.2) is 64.1 Å². The fraction of sp³-hybridized carbons (Fsp3) is 0.0952. The molecule has 1 amide bonds. The summed E-state index contributed by atoms with van der Waals surface area (Å²) in [5, 5.41) is 22.6. The molecule has 1 aliphatic rings. The topological polar surface area (TPSA) is 98.5 Å². The summed E-state index contributed by atoms with van der Waals surface area (Å²) in [7, 11) is 1.53. The smallest absolute Gasteiger partial charge is 0.269 e. The maximum absolute atomic E-state index is 12.6. The quantitative estimate of drug-likeness (QED) is 0.495. The molecule has 0 bridgehead atoms. The fourth-order valence-electron chi connectivity index (χ4n) is 2.99. The van der Waals surface area contributed by atoms with E-state index < -0.39 is 5.91 Å².